The molecule has 7 nitrogen and oxygen atoms in total. The number of carbonyl (C=O) groups excluding carboxylic acids is 2. The highest BCUT2D eigenvalue weighted by Gasteiger charge is 2.28. The number of nitrogens with one attached hydrogen (secondary N) is 2. The predicted molar refractivity (Wildman–Crippen MR) is 134 cm³/mol. The maximum Gasteiger partial charge on any atom is 0.261 e. The van der Waals surface area contributed by atoms with Gasteiger partial charge < -0.3 is 10.2 Å². The molecule has 1 saturated heterocycles. The summed E-state index contributed by atoms with van der Waals surface area (Å²) in [4.78, 5) is 27.3. The van der Waals surface area contributed by atoms with E-state index in [4.69, 9.17) is 0 Å². The number of hydrogen-bond acceptors (Lipinski definition) is 4. The lowest BCUT2D eigenvalue weighted by molar-refractivity contribution is -0.126. The van der Waals surface area contributed by atoms with Crippen LogP contribution in [0.2, 0.25) is 0 Å². The summed E-state index contributed by atoms with van der Waals surface area (Å²) >= 11 is 0. The van der Waals surface area contributed by atoms with Crippen LogP contribution in [0.25, 0.3) is 0 Å². The van der Waals surface area contributed by atoms with Crippen LogP contribution in [0.1, 0.15) is 61.9 Å². The largest absolute Gasteiger partial charge is 0.356 e. The second-order valence-corrected chi connectivity index (χ2v) is 10.5. The fourth-order valence-corrected chi connectivity index (χ4v) is 5.17. The van der Waals surface area contributed by atoms with Crippen molar-refractivity contribution in [3.8, 4) is 0 Å². The zero-order valence-electron chi connectivity index (χ0n) is 20.0. The van der Waals surface area contributed by atoms with Crippen LogP contribution in [0.4, 0.5) is 5.69 Å². The monoisotopic (exact) mass is 485 g/mol. The van der Waals surface area contributed by atoms with Crippen LogP contribution in [0.3, 0.4) is 0 Å². The Morgan fingerprint density at radius 2 is 1.71 bits per heavy atom. The minimum atomic E-state index is -3.71. The zero-order chi connectivity index (χ0) is 24.6. The van der Waals surface area contributed by atoms with Gasteiger partial charge in [0.15, 0.2) is 0 Å². The molecule has 184 valence electrons. The normalized spacial score (nSPS) is 16.2. The SMILES string of the molecule is CCCCNC(=O)C1CCCN(C(=O)c2ccc(NS(=O)(=O)c3ccc(CCC)cc3)cc2)C1. The van der Waals surface area contributed by atoms with E-state index in [1.54, 1.807) is 41.3 Å². The van der Waals surface area contributed by atoms with Crippen molar-refractivity contribution in [2.24, 2.45) is 5.92 Å². The molecule has 1 heterocycles. The number of anilines is 1. The second kappa shape index (κ2) is 12.0. The molecule has 0 spiro atoms. The van der Waals surface area contributed by atoms with E-state index in [1.807, 2.05) is 12.1 Å². The Balaban J connectivity index is 1.61. The lowest BCUT2D eigenvalue weighted by Crippen LogP contribution is -2.45. The number of unbranched alkanes of at least 4 members (excludes halogenated alkanes) is 1. The van der Waals surface area contributed by atoms with E-state index in [0.29, 0.717) is 30.9 Å². The molecule has 2 amide bonds. The molecular formula is C26H35N3O4S. The van der Waals surface area contributed by atoms with Gasteiger partial charge in [-0.15, -0.1) is 0 Å². The molecule has 1 fully saturated rings. The molecule has 1 unspecified atom stereocenters. The van der Waals surface area contributed by atoms with E-state index < -0.39 is 10.0 Å². The van der Waals surface area contributed by atoms with E-state index in [0.717, 1.165) is 44.1 Å². The first kappa shape index (κ1) is 25.7. The molecule has 0 bridgehead atoms. The molecule has 1 aliphatic rings. The first-order valence-electron chi connectivity index (χ1n) is 12.1. The lowest BCUT2D eigenvalue weighted by Gasteiger charge is -2.32. The Labute approximate surface area is 203 Å². The summed E-state index contributed by atoms with van der Waals surface area (Å²) < 4.78 is 28.0. The third-order valence-electron chi connectivity index (χ3n) is 6.07. The molecule has 1 aliphatic heterocycles. The van der Waals surface area contributed by atoms with E-state index in [2.05, 4.69) is 23.9 Å². The molecule has 2 aromatic carbocycles. The minimum absolute atomic E-state index is 0.0124. The number of hydrogen-bond donors (Lipinski definition) is 2. The van der Waals surface area contributed by atoms with E-state index in [9.17, 15) is 18.0 Å². The molecule has 0 radical (unpaired) electrons. The number of carbonyl (C=O) groups is 2. The Morgan fingerprint density at radius 1 is 1.00 bits per heavy atom. The van der Waals surface area contributed by atoms with Crippen molar-refractivity contribution in [3.05, 3.63) is 59.7 Å². The Kier molecular flexibility index (Phi) is 9.10. The number of sulfonamides is 1. The van der Waals surface area contributed by atoms with Crippen molar-refractivity contribution in [1.82, 2.24) is 10.2 Å². The van der Waals surface area contributed by atoms with Gasteiger partial charge in [-0.3, -0.25) is 14.3 Å². The van der Waals surface area contributed by atoms with Crippen LogP contribution in [0, 0.1) is 5.92 Å². The topological polar surface area (TPSA) is 95.6 Å². The number of benzene rings is 2. The molecule has 0 aromatic heterocycles. The highest BCUT2D eigenvalue weighted by molar-refractivity contribution is 7.92. The van der Waals surface area contributed by atoms with Crippen molar-refractivity contribution in [2.45, 2.75) is 57.3 Å². The number of aryl methyl sites for hydroxylation is 1. The van der Waals surface area contributed by atoms with Gasteiger partial charge in [0.1, 0.15) is 0 Å². The van der Waals surface area contributed by atoms with Gasteiger partial charge in [-0.2, -0.15) is 0 Å². The van der Waals surface area contributed by atoms with Gasteiger partial charge in [0.05, 0.1) is 10.8 Å². The summed E-state index contributed by atoms with van der Waals surface area (Å²) in [7, 11) is -3.71. The number of rotatable bonds is 10. The minimum Gasteiger partial charge on any atom is -0.356 e. The van der Waals surface area contributed by atoms with Crippen LogP contribution in [0.5, 0.6) is 0 Å². The molecule has 2 aromatic rings. The zero-order valence-corrected chi connectivity index (χ0v) is 20.9. The average Bonchev–Trinajstić information content (AvgIpc) is 2.84. The van der Waals surface area contributed by atoms with Crippen molar-refractivity contribution in [1.29, 1.82) is 0 Å². The van der Waals surface area contributed by atoms with Gasteiger partial charge in [0.25, 0.3) is 15.9 Å². The maximum atomic E-state index is 13.0. The predicted octanol–water partition coefficient (Wildman–Crippen LogP) is 4.21. The maximum absolute atomic E-state index is 13.0. The van der Waals surface area contributed by atoms with Gasteiger partial charge in [-0.25, -0.2) is 8.42 Å². The highest BCUT2D eigenvalue weighted by atomic mass is 32.2. The Bertz CT molecular complexity index is 1070. The Morgan fingerprint density at radius 3 is 2.35 bits per heavy atom. The van der Waals surface area contributed by atoms with Crippen molar-refractivity contribution >= 4 is 27.5 Å². The molecule has 3 rings (SSSR count). The number of likely N-dealkylation sites (tertiary alicyclic amines) is 1. The molecule has 0 aliphatic carbocycles. The fourth-order valence-electron chi connectivity index (χ4n) is 4.11. The summed E-state index contributed by atoms with van der Waals surface area (Å²) in [6, 6.07) is 13.3. The number of amides is 2. The summed E-state index contributed by atoms with van der Waals surface area (Å²) in [5.41, 5.74) is 1.96. The fraction of sp³-hybridized carbons (Fsp3) is 0.462. The van der Waals surface area contributed by atoms with Crippen LogP contribution >= 0.6 is 0 Å². The van der Waals surface area contributed by atoms with Crippen LogP contribution in [-0.2, 0) is 21.2 Å². The van der Waals surface area contributed by atoms with Crippen LogP contribution < -0.4 is 10.0 Å². The third kappa shape index (κ3) is 6.82. The molecular weight excluding hydrogens is 450 g/mol. The summed E-state index contributed by atoms with van der Waals surface area (Å²) in [5, 5.41) is 2.96. The van der Waals surface area contributed by atoms with Gasteiger partial charge in [-0.05, 0) is 67.6 Å². The van der Waals surface area contributed by atoms with Crippen molar-refractivity contribution in [3.63, 3.8) is 0 Å². The first-order valence-corrected chi connectivity index (χ1v) is 13.6. The highest BCUT2D eigenvalue weighted by Crippen LogP contribution is 2.21. The Hall–Kier alpha value is -2.87. The van der Waals surface area contributed by atoms with Gasteiger partial charge in [-0.1, -0.05) is 38.8 Å². The smallest absolute Gasteiger partial charge is 0.261 e. The van der Waals surface area contributed by atoms with Gasteiger partial charge in [0.2, 0.25) is 5.91 Å². The molecule has 1 atom stereocenters. The summed E-state index contributed by atoms with van der Waals surface area (Å²) in [5.74, 6) is -0.324. The second-order valence-electron chi connectivity index (χ2n) is 8.81. The van der Waals surface area contributed by atoms with Crippen LogP contribution in [0.15, 0.2) is 53.4 Å². The quantitative estimate of drug-likeness (QED) is 0.493. The van der Waals surface area contributed by atoms with Gasteiger partial charge >= 0.3 is 0 Å². The van der Waals surface area contributed by atoms with E-state index >= 15 is 0 Å². The number of piperidine rings is 1. The summed E-state index contributed by atoms with van der Waals surface area (Å²) in [6.45, 7) is 5.84. The van der Waals surface area contributed by atoms with Crippen LogP contribution in [-0.4, -0.2) is 44.8 Å². The standard InChI is InChI=1S/C26H35N3O4S/c1-3-5-17-27-25(30)22-8-6-18-29(19-22)26(31)21-11-13-23(14-12-21)28-34(32,33)24-15-9-20(7-4-2)10-16-24/h9-16,22,28H,3-8,17-19H2,1-2H3,(H,27,30). The molecule has 8 heteroatoms. The van der Waals surface area contributed by atoms with Crippen molar-refractivity contribution in [2.75, 3.05) is 24.4 Å². The lowest BCUT2D eigenvalue weighted by atomic mass is 9.96. The average molecular weight is 486 g/mol. The third-order valence-corrected chi connectivity index (χ3v) is 7.46. The van der Waals surface area contributed by atoms with E-state index in [-0.39, 0.29) is 22.6 Å². The molecule has 0 saturated carbocycles. The van der Waals surface area contributed by atoms with Gasteiger partial charge in [0, 0.05) is 30.9 Å². The first-order chi connectivity index (χ1) is 16.3. The van der Waals surface area contributed by atoms with E-state index in [1.165, 1.54) is 0 Å². The summed E-state index contributed by atoms with van der Waals surface area (Å²) in [6.07, 6.45) is 5.44. The molecule has 34 heavy (non-hydrogen) atoms. The van der Waals surface area contributed by atoms with Crippen molar-refractivity contribution < 1.29 is 18.0 Å². The number of nitrogens with zero attached hydrogens (tertiary/aromatic N) is 1. The molecule has 2 N–H and O–H groups in total.